The summed E-state index contributed by atoms with van der Waals surface area (Å²) < 4.78 is 27.7. The number of benzene rings is 2. The highest BCUT2D eigenvalue weighted by atomic mass is 32.2. The maximum absolute atomic E-state index is 12.6. The Labute approximate surface area is 171 Å². The smallest absolute Gasteiger partial charge is 0.240 e. The van der Waals surface area contributed by atoms with Crippen LogP contribution in [0.25, 0.3) is 0 Å². The molecule has 1 atom stereocenters. The zero-order valence-corrected chi connectivity index (χ0v) is 17.5. The predicted octanol–water partition coefficient (Wildman–Crippen LogP) is 2.60. The summed E-state index contributed by atoms with van der Waals surface area (Å²) in [6.45, 7) is 5.35. The van der Waals surface area contributed by atoms with Crippen LogP contribution >= 0.6 is 0 Å². The Hall–Kier alpha value is -2.71. The van der Waals surface area contributed by atoms with E-state index in [1.807, 2.05) is 32.0 Å². The Balaban J connectivity index is 1.61. The van der Waals surface area contributed by atoms with Gasteiger partial charge in [0.2, 0.25) is 21.8 Å². The average molecular weight is 416 g/mol. The predicted molar refractivity (Wildman–Crippen MR) is 112 cm³/mol. The Morgan fingerprint density at radius 2 is 1.93 bits per heavy atom. The van der Waals surface area contributed by atoms with Gasteiger partial charge in [0.05, 0.1) is 4.90 Å². The van der Waals surface area contributed by atoms with Crippen LogP contribution in [0, 0.1) is 6.92 Å². The number of hydrogen-bond donors (Lipinski definition) is 2. The first kappa shape index (κ1) is 21.0. The molecule has 1 aliphatic rings. The van der Waals surface area contributed by atoms with Crippen molar-refractivity contribution < 1.29 is 18.0 Å². The quantitative estimate of drug-likeness (QED) is 0.758. The minimum absolute atomic E-state index is 0.00117. The minimum atomic E-state index is -3.75. The summed E-state index contributed by atoms with van der Waals surface area (Å²) in [5, 5.41) is 2.75. The first-order chi connectivity index (χ1) is 13.7. The number of fused-ring (bicyclic) bond motifs is 1. The second-order valence-electron chi connectivity index (χ2n) is 7.30. The Kier molecular flexibility index (Phi) is 6.04. The fourth-order valence-corrected chi connectivity index (χ4v) is 4.67. The van der Waals surface area contributed by atoms with Crippen molar-refractivity contribution in [1.82, 2.24) is 4.72 Å². The summed E-state index contributed by atoms with van der Waals surface area (Å²) in [4.78, 5) is 25.7. The van der Waals surface area contributed by atoms with Crippen molar-refractivity contribution in [2.24, 2.45) is 0 Å². The molecule has 3 rings (SSSR count). The summed E-state index contributed by atoms with van der Waals surface area (Å²) in [5.74, 6) is -0.331. The van der Waals surface area contributed by atoms with Crippen LogP contribution in [0.15, 0.2) is 47.4 Å². The van der Waals surface area contributed by atoms with Crippen molar-refractivity contribution in [1.29, 1.82) is 0 Å². The summed E-state index contributed by atoms with van der Waals surface area (Å²) in [6.07, 6.45) is 0.629. The number of carbonyl (C=O) groups is 2. The van der Waals surface area contributed by atoms with Gasteiger partial charge in [-0.3, -0.25) is 9.59 Å². The van der Waals surface area contributed by atoms with E-state index in [-0.39, 0.29) is 35.7 Å². The molecule has 2 aromatic carbocycles. The molecule has 0 saturated heterocycles. The second kappa shape index (κ2) is 8.34. The lowest BCUT2D eigenvalue weighted by atomic mass is 10.1. The molecule has 8 heteroatoms. The number of rotatable bonds is 6. The number of amides is 2. The number of sulfonamides is 1. The van der Waals surface area contributed by atoms with Crippen LogP contribution in [-0.2, 0) is 26.0 Å². The van der Waals surface area contributed by atoms with Crippen LogP contribution in [0.3, 0.4) is 0 Å². The lowest BCUT2D eigenvalue weighted by molar-refractivity contribution is -0.117. The molecule has 0 aromatic heterocycles. The maximum atomic E-state index is 12.6. The fraction of sp³-hybridized carbons (Fsp3) is 0.333. The first-order valence-corrected chi connectivity index (χ1v) is 10.9. The molecule has 0 saturated carbocycles. The number of nitrogens with one attached hydrogen (secondary N) is 2. The molecule has 0 fully saturated rings. The minimum Gasteiger partial charge on any atom is -0.326 e. The van der Waals surface area contributed by atoms with Crippen LogP contribution in [0.4, 0.5) is 11.4 Å². The van der Waals surface area contributed by atoms with Gasteiger partial charge < -0.3 is 10.2 Å². The number of aryl methyl sites for hydroxylation is 1. The van der Waals surface area contributed by atoms with Gasteiger partial charge >= 0.3 is 0 Å². The molecule has 2 aromatic rings. The molecule has 0 aliphatic carbocycles. The van der Waals surface area contributed by atoms with Crippen LogP contribution < -0.4 is 14.9 Å². The van der Waals surface area contributed by atoms with Crippen molar-refractivity contribution >= 4 is 33.2 Å². The second-order valence-corrected chi connectivity index (χ2v) is 9.07. The molecular formula is C21H25N3O4S. The Morgan fingerprint density at radius 1 is 1.17 bits per heavy atom. The van der Waals surface area contributed by atoms with Gasteiger partial charge in [0, 0.05) is 37.3 Å². The van der Waals surface area contributed by atoms with Crippen LogP contribution in [0.5, 0.6) is 0 Å². The van der Waals surface area contributed by atoms with Crippen molar-refractivity contribution in [3.63, 3.8) is 0 Å². The van der Waals surface area contributed by atoms with E-state index in [9.17, 15) is 18.0 Å². The lowest BCUT2D eigenvalue weighted by Gasteiger charge is -2.20. The van der Waals surface area contributed by atoms with Gasteiger partial charge in [-0.05, 0) is 61.7 Å². The third-order valence-corrected chi connectivity index (χ3v) is 6.32. The highest BCUT2D eigenvalue weighted by molar-refractivity contribution is 7.89. The number of nitrogens with zero attached hydrogens (tertiary/aromatic N) is 1. The van der Waals surface area contributed by atoms with E-state index in [0.29, 0.717) is 12.1 Å². The summed E-state index contributed by atoms with van der Waals surface area (Å²) in [6, 6.07) is 12.2. The topological polar surface area (TPSA) is 95.6 Å². The van der Waals surface area contributed by atoms with E-state index in [1.54, 1.807) is 23.1 Å². The number of anilines is 2. The highest BCUT2D eigenvalue weighted by Gasteiger charge is 2.30. The zero-order chi connectivity index (χ0) is 21.2. The molecular weight excluding hydrogens is 390 g/mol. The van der Waals surface area contributed by atoms with E-state index >= 15 is 0 Å². The summed E-state index contributed by atoms with van der Waals surface area (Å²) >= 11 is 0. The summed E-state index contributed by atoms with van der Waals surface area (Å²) in [5.41, 5.74) is 3.28. The van der Waals surface area contributed by atoms with E-state index in [0.717, 1.165) is 16.8 Å². The van der Waals surface area contributed by atoms with Crippen molar-refractivity contribution in [3.05, 3.63) is 53.6 Å². The average Bonchev–Trinajstić information content (AvgIpc) is 2.96. The van der Waals surface area contributed by atoms with Crippen LogP contribution in [-0.4, -0.2) is 32.8 Å². The molecule has 0 unspecified atom stereocenters. The van der Waals surface area contributed by atoms with Gasteiger partial charge in [-0.15, -0.1) is 0 Å². The molecule has 1 aliphatic heterocycles. The standard InChI is InChI=1S/C21H25N3O4S/c1-14-5-4-6-18(11-14)23-21(26)9-10-22-29(27,28)19-7-8-20-17(13-19)12-15(2)24(20)16(3)25/h4-8,11,13,15,22H,9-10,12H2,1-3H3,(H,23,26)/t15-/m0/s1. The van der Waals surface area contributed by atoms with Crippen molar-refractivity contribution in [2.75, 3.05) is 16.8 Å². The van der Waals surface area contributed by atoms with Gasteiger partial charge in [-0.2, -0.15) is 0 Å². The first-order valence-electron chi connectivity index (χ1n) is 9.46. The van der Waals surface area contributed by atoms with Crippen molar-refractivity contribution in [2.45, 2.75) is 44.6 Å². The van der Waals surface area contributed by atoms with Crippen LogP contribution in [0.1, 0.15) is 31.4 Å². The monoisotopic (exact) mass is 415 g/mol. The maximum Gasteiger partial charge on any atom is 0.240 e. The third kappa shape index (κ3) is 4.83. The molecule has 7 nitrogen and oxygen atoms in total. The van der Waals surface area contributed by atoms with Gasteiger partial charge in [-0.1, -0.05) is 12.1 Å². The van der Waals surface area contributed by atoms with Crippen molar-refractivity contribution in [3.8, 4) is 0 Å². The summed E-state index contributed by atoms with van der Waals surface area (Å²) in [7, 11) is -3.75. The number of carbonyl (C=O) groups excluding carboxylic acids is 2. The molecule has 1 heterocycles. The molecule has 2 N–H and O–H groups in total. The van der Waals surface area contributed by atoms with E-state index in [2.05, 4.69) is 10.0 Å². The van der Waals surface area contributed by atoms with E-state index < -0.39 is 10.0 Å². The van der Waals surface area contributed by atoms with Gasteiger partial charge in [-0.25, -0.2) is 13.1 Å². The molecule has 0 bridgehead atoms. The normalized spacial score (nSPS) is 15.8. The number of hydrogen-bond acceptors (Lipinski definition) is 4. The van der Waals surface area contributed by atoms with Gasteiger partial charge in [0.1, 0.15) is 0 Å². The molecule has 29 heavy (non-hydrogen) atoms. The third-order valence-electron chi connectivity index (χ3n) is 4.86. The lowest BCUT2D eigenvalue weighted by Crippen LogP contribution is -2.33. The zero-order valence-electron chi connectivity index (χ0n) is 16.7. The fourth-order valence-electron chi connectivity index (χ4n) is 3.58. The SMILES string of the molecule is CC(=O)N1c2ccc(S(=O)(=O)NCCC(=O)Nc3cccc(C)c3)cc2C[C@@H]1C. The molecule has 154 valence electrons. The van der Waals surface area contributed by atoms with E-state index in [1.165, 1.54) is 13.0 Å². The largest absolute Gasteiger partial charge is 0.326 e. The molecule has 0 radical (unpaired) electrons. The Morgan fingerprint density at radius 3 is 2.62 bits per heavy atom. The molecule has 2 amide bonds. The van der Waals surface area contributed by atoms with Crippen LogP contribution in [0.2, 0.25) is 0 Å². The van der Waals surface area contributed by atoms with Gasteiger partial charge in [0.15, 0.2) is 0 Å². The highest BCUT2D eigenvalue weighted by Crippen LogP contribution is 2.33. The molecule has 0 spiro atoms. The van der Waals surface area contributed by atoms with E-state index in [4.69, 9.17) is 0 Å². The van der Waals surface area contributed by atoms with Gasteiger partial charge in [0.25, 0.3) is 0 Å². The Bertz CT molecular complexity index is 1050.